The van der Waals surface area contributed by atoms with Crippen LogP contribution in [0.15, 0.2) is 55.0 Å². The minimum Gasteiger partial charge on any atom is -0.403 e. The quantitative estimate of drug-likeness (QED) is 0.846. The number of amides is 1. The van der Waals surface area contributed by atoms with E-state index in [1.807, 2.05) is 23.1 Å². The van der Waals surface area contributed by atoms with E-state index < -0.39 is 0 Å². The van der Waals surface area contributed by atoms with Gasteiger partial charge in [-0.3, -0.25) is 4.79 Å². The van der Waals surface area contributed by atoms with Crippen molar-refractivity contribution in [1.29, 1.82) is 0 Å². The van der Waals surface area contributed by atoms with E-state index in [-0.39, 0.29) is 18.4 Å². The van der Waals surface area contributed by atoms with Gasteiger partial charge in [0.1, 0.15) is 0 Å². The number of carbonyl (C=O) groups is 1. The summed E-state index contributed by atoms with van der Waals surface area (Å²) < 4.78 is 0. The molecule has 1 aliphatic heterocycles. The van der Waals surface area contributed by atoms with E-state index in [0.29, 0.717) is 5.70 Å². The Kier molecular flexibility index (Phi) is 4.23. The Labute approximate surface area is 113 Å². The zero-order valence-electron chi connectivity index (χ0n) is 10.9. The number of rotatable bonds is 5. The first-order chi connectivity index (χ1) is 9.26. The molecular weight excluding hydrogens is 238 g/mol. The predicted molar refractivity (Wildman–Crippen MR) is 75.7 cm³/mol. The van der Waals surface area contributed by atoms with E-state index in [1.165, 1.54) is 18.0 Å². The van der Waals surface area contributed by atoms with Gasteiger partial charge in [0.15, 0.2) is 0 Å². The lowest BCUT2D eigenvalue weighted by atomic mass is 9.94. The van der Waals surface area contributed by atoms with Gasteiger partial charge in [-0.15, -0.1) is 0 Å². The lowest BCUT2D eigenvalue weighted by molar-refractivity contribution is -0.138. The van der Waals surface area contributed by atoms with Crippen molar-refractivity contribution >= 4 is 5.91 Å². The van der Waals surface area contributed by atoms with Crippen LogP contribution in [-0.4, -0.2) is 17.4 Å². The Hall–Kier alpha value is -2.23. The smallest absolute Gasteiger partial charge is 0.229 e. The van der Waals surface area contributed by atoms with Gasteiger partial charge in [0, 0.05) is 18.4 Å². The molecule has 1 heterocycles. The zero-order valence-corrected chi connectivity index (χ0v) is 10.9. The van der Waals surface area contributed by atoms with Crippen LogP contribution in [0, 0.1) is 0 Å². The van der Waals surface area contributed by atoms with Gasteiger partial charge in [0.2, 0.25) is 5.91 Å². The van der Waals surface area contributed by atoms with E-state index in [1.54, 1.807) is 0 Å². The second kappa shape index (κ2) is 6.09. The van der Waals surface area contributed by atoms with Crippen molar-refractivity contribution in [2.24, 2.45) is 5.73 Å². The molecule has 1 saturated heterocycles. The minimum atomic E-state index is 0.0890. The van der Waals surface area contributed by atoms with Crippen LogP contribution in [0.3, 0.4) is 0 Å². The highest BCUT2D eigenvalue weighted by molar-refractivity contribution is 5.80. The summed E-state index contributed by atoms with van der Waals surface area (Å²) >= 11 is 0. The first kappa shape index (κ1) is 13.2. The normalized spacial score (nSPS) is 18.6. The second-order valence-corrected chi connectivity index (χ2v) is 4.52. The monoisotopic (exact) mass is 257 g/mol. The van der Waals surface area contributed by atoms with Crippen molar-refractivity contribution in [3.63, 3.8) is 0 Å². The Morgan fingerprint density at radius 3 is 2.74 bits per heavy atom. The van der Waals surface area contributed by atoms with E-state index in [0.717, 1.165) is 13.0 Å². The number of likely N-dealkylation sites (tertiary alicyclic amines) is 1. The Morgan fingerprint density at radius 2 is 2.21 bits per heavy atom. The fourth-order valence-electron chi connectivity index (χ4n) is 2.26. The molecule has 1 aliphatic rings. The van der Waals surface area contributed by atoms with E-state index >= 15 is 0 Å². The van der Waals surface area contributed by atoms with Crippen LogP contribution in [0.4, 0.5) is 0 Å². The van der Waals surface area contributed by atoms with Crippen molar-refractivity contribution in [2.45, 2.75) is 18.9 Å². The third kappa shape index (κ3) is 2.96. The average Bonchev–Trinajstić information content (AvgIpc) is 2.38. The first-order valence-corrected chi connectivity index (χ1v) is 6.39. The molecule has 1 fully saturated rings. The lowest BCUT2D eigenvalue weighted by Gasteiger charge is -2.41. The molecule has 0 radical (unpaired) electrons. The van der Waals surface area contributed by atoms with Crippen LogP contribution in [-0.2, 0) is 4.79 Å². The average molecular weight is 257 g/mol. The van der Waals surface area contributed by atoms with Crippen LogP contribution in [0.2, 0.25) is 0 Å². The van der Waals surface area contributed by atoms with Crippen molar-refractivity contribution in [3.05, 3.63) is 60.6 Å². The van der Waals surface area contributed by atoms with Crippen LogP contribution in [0.1, 0.15) is 24.4 Å². The zero-order chi connectivity index (χ0) is 13.7. The summed E-state index contributed by atoms with van der Waals surface area (Å²) in [6, 6.07) is 10.3. The molecule has 1 aromatic carbocycles. The van der Waals surface area contributed by atoms with E-state index in [4.69, 9.17) is 5.73 Å². The van der Waals surface area contributed by atoms with Gasteiger partial charge in [0.05, 0.1) is 12.5 Å². The highest BCUT2D eigenvalue weighted by Crippen LogP contribution is 2.33. The maximum absolute atomic E-state index is 12.2. The van der Waals surface area contributed by atoms with Crippen LogP contribution < -0.4 is 11.1 Å². The largest absolute Gasteiger partial charge is 0.403 e. The van der Waals surface area contributed by atoms with Gasteiger partial charge in [-0.1, -0.05) is 36.9 Å². The second-order valence-electron chi connectivity index (χ2n) is 4.52. The van der Waals surface area contributed by atoms with Crippen molar-refractivity contribution in [2.75, 3.05) is 6.54 Å². The van der Waals surface area contributed by atoms with Gasteiger partial charge >= 0.3 is 0 Å². The summed E-state index contributed by atoms with van der Waals surface area (Å²) in [6.07, 6.45) is 4.24. The molecule has 2 rings (SSSR count). The third-order valence-electron chi connectivity index (χ3n) is 3.35. The predicted octanol–water partition coefficient (Wildman–Crippen LogP) is 1.88. The number of carbonyl (C=O) groups excluding carboxylic acids is 1. The third-order valence-corrected chi connectivity index (χ3v) is 3.35. The minimum absolute atomic E-state index is 0.0890. The number of hydrogen-bond acceptors (Lipinski definition) is 3. The lowest BCUT2D eigenvalue weighted by Crippen LogP contribution is -2.45. The summed E-state index contributed by atoms with van der Waals surface area (Å²) in [7, 11) is 0. The summed E-state index contributed by atoms with van der Waals surface area (Å²) in [4.78, 5) is 14.1. The molecule has 1 aromatic rings. The molecule has 3 N–H and O–H groups in total. The van der Waals surface area contributed by atoms with Crippen molar-refractivity contribution in [1.82, 2.24) is 10.2 Å². The maximum Gasteiger partial charge on any atom is 0.229 e. The van der Waals surface area contributed by atoms with Crippen molar-refractivity contribution in [3.8, 4) is 0 Å². The number of benzene rings is 1. The number of nitrogens with zero attached hydrogens (tertiary/aromatic N) is 1. The number of nitrogens with two attached hydrogens (primary N) is 1. The molecule has 0 aromatic heterocycles. The SMILES string of the molecule is C=CN/C(=C\N)CC(=O)N1CCC1c1ccccc1. The fraction of sp³-hybridized carbons (Fsp3) is 0.267. The van der Waals surface area contributed by atoms with Crippen LogP contribution in [0.5, 0.6) is 0 Å². The molecule has 0 saturated carbocycles. The standard InChI is InChI=1S/C15H19N3O/c1-2-17-13(11-16)10-15(19)18-9-8-14(18)12-6-4-3-5-7-12/h2-7,11,14,17H,1,8-10,16H2/b13-11-. The number of hydrogen-bond donors (Lipinski definition) is 2. The molecule has 1 unspecified atom stereocenters. The molecule has 0 spiro atoms. The maximum atomic E-state index is 12.2. The first-order valence-electron chi connectivity index (χ1n) is 6.39. The molecule has 19 heavy (non-hydrogen) atoms. The van der Waals surface area contributed by atoms with Gasteiger partial charge in [-0.25, -0.2) is 0 Å². The van der Waals surface area contributed by atoms with Gasteiger partial charge < -0.3 is 16.0 Å². The Bertz CT molecular complexity index is 481. The molecule has 1 atom stereocenters. The summed E-state index contributed by atoms with van der Waals surface area (Å²) in [5, 5.41) is 2.87. The molecule has 0 aliphatic carbocycles. The summed E-state index contributed by atoms with van der Waals surface area (Å²) in [5.41, 5.74) is 7.34. The molecule has 4 heteroatoms. The number of nitrogens with one attached hydrogen (secondary N) is 1. The molecule has 4 nitrogen and oxygen atoms in total. The Morgan fingerprint density at radius 1 is 1.47 bits per heavy atom. The van der Waals surface area contributed by atoms with E-state index in [9.17, 15) is 4.79 Å². The van der Waals surface area contributed by atoms with Crippen LogP contribution >= 0.6 is 0 Å². The van der Waals surface area contributed by atoms with Gasteiger partial charge in [0.25, 0.3) is 0 Å². The molecular formula is C15H19N3O. The highest BCUT2D eigenvalue weighted by atomic mass is 16.2. The van der Waals surface area contributed by atoms with Gasteiger partial charge in [-0.05, 0) is 18.2 Å². The van der Waals surface area contributed by atoms with Crippen LogP contribution in [0.25, 0.3) is 0 Å². The summed E-state index contributed by atoms with van der Waals surface area (Å²) in [6.45, 7) is 4.37. The topological polar surface area (TPSA) is 58.4 Å². The van der Waals surface area contributed by atoms with Gasteiger partial charge in [-0.2, -0.15) is 0 Å². The molecule has 100 valence electrons. The molecule has 0 bridgehead atoms. The molecule has 1 amide bonds. The van der Waals surface area contributed by atoms with E-state index in [2.05, 4.69) is 24.0 Å². The Balaban J connectivity index is 1.99. The highest BCUT2D eigenvalue weighted by Gasteiger charge is 2.33. The fourth-order valence-corrected chi connectivity index (χ4v) is 2.26. The summed E-state index contributed by atoms with van der Waals surface area (Å²) in [5.74, 6) is 0.0890. The van der Waals surface area contributed by atoms with Crippen molar-refractivity contribution < 1.29 is 4.79 Å².